The van der Waals surface area contributed by atoms with Gasteiger partial charge >= 0.3 is 0 Å². The van der Waals surface area contributed by atoms with E-state index >= 15 is 0 Å². The van der Waals surface area contributed by atoms with E-state index in [9.17, 15) is 14.0 Å². The van der Waals surface area contributed by atoms with Gasteiger partial charge in [-0.2, -0.15) is 5.10 Å². The molecule has 0 bridgehead atoms. The SMILES string of the molecule is Cc1cc(C)n(CCNC(=O)[C@@H]2CCC(=O)N(CCc3cccc(F)c3)C2)n1. The van der Waals surface area contributed by atoms with Crippen molar-refractivity contribution in [2.75, 3.05) is 19.6 Å². The summed E-state index contributed by atoms with van der Waals surface area (Å²) in [6.45, 7) is 5.98. The van der Waals surface area contributed by atoms with Crippen molar-refractivity contribution in [3.8, 4) is 0 Å². The Kier molecular flexibility index (Phi) is 6.44. The van der Waals surface area contributed by atoms with Crippen molar-refractivity contribution in [3.63, 3.8) is 0 Å². The number of likely N-dealkylation sites (tertiary alicyclic amines) is 1. The molecule has 1 N–H and O–H groups in total. The lowest BCUT2D eigenvalue weighted by Gasteiger charge is -2.32. The summed E-state index contributed by atoms with van der Waals surface area (Å²) in [7, 11) is 0. The molecule has 1 atom stereocenters. The van der Waals surface area contributed by atoms with Crippen LogP contribution in [0.15, 0.2) is 30.3 Å². The van der Waals surface area contributed by atoms with Crippen molar-refractivity contribution in [2.45, 2.75) is 39.7 Å². The molecule has 2 aromatic rings. The van der Waals surface area contributed by atoms with Crippen molar-refractivity contribution in [1.82, 2.24) is 20.0 Å². The van der Waals surface area contributed by atoms with Gasteiger partial charge in [-0.05, 0) is 50.5 Å². The largest absolute Gasteiger partial charge is 0.354 e. The van der Waals surface area contributed by atoms with Gasteiger partial charge in [-0.1, -0.05) is 12.1 Å². The Morgan fingerprint density at radius 3 is 2.82 bits per heavy atom. The smallest absolute Gasteiger partial charge is 0.224 e. The monoisotopic (exact) mass is 386 g/mol. The lowest BCUT2D eigenvalue weighted by Crippen LogP contribution is -2.46. The summed E-state index contributed by atoms with van der Waals surface area (Å²) in [5, 5.41) is 7.35. The highest BCUT2D eigenvalue weighted by atomic mass is 19.1. The summed E-state index contributed by atoms with van der Waals surface area (Å²) >= 11 is 0. The maximum Gasteiger partial charge on any atom is 0.224 e. The molecule has 6 nitrogen and oxygen atoms in total. The zero-order valence-electron chi connectivity index (χ0n) is 16.4. The fourth-order valence-electron chi connectivity index (χ4n) is 3.63. The molecule has 2 heterocycles. The Hall–Kier alpha value is -2.70. The van der Waals surface area contributed by atoms with E-state index in [0.29, 0.717) is 45.4 Å². The van der Waals surface area contributed by atoms with Gasteiger partial charge in [-0.3, -0.25) is 14.3 Å². The highest BCUT2D eigenvalue weighted by molar-refractivity contribution is 5.83. The average molecular weight is 386 g/mol. The van der Waals surface area contributed by atoms with Crippen LogP contribution in [0.2, 0.25) is 0 Å². The van der Waals surface area contributed by atoms with Crippen molar-refractivity contribution in [1.29, 1.82) is 0 Å². The first-order chi connectivity index (χ1) is 13.4. The number of aryl methyl sites for hydroxylation is 2. The molecule has 1 aliphatic heterocycles. The number of nitrogens with one attached hydrogen (secondary N) is 1. The number of carbonyl (C=O) groups excluding carboxylic acids is 2. The summed E-state index contributed by atoms with van der Waals surface area (Å²) < 4.78 is 15.2. The third-order valence-corrected chi connectivity index (χ3v) is 5.16. The van der Waals surface area contributed by atoms with Crippen LogP contribution in [0.5, 0.6) is 0 Å². The molecule has 0 spiro atoms. The van der Waals surface area contributed by atoms with Crippen molar-refractivity contribution in [3.05, 3.63) is 53.1 Å². The zero-order valence-corrected chi connectivity index (χ0v) is 16.4. The Bertz CT molecular complexity index is 849. The van der Waals surface area contributed by atoms with Gasteiger partial charge in [0.1, 0.15) is 5.82 Å². The molecular formula is C21H27FN4O2. The van der Waals surface area contributed by atoms with E-state index in [0.717, 1.165) is 17.0 Å². The minimum atomic E-state index is -0.276. The van der Waals surface area contributed by atoms with E-state index in [-0.39, 0.29) is 23.5 Å². The van der Waals surface area contributed by atoms with Crippen molar-refractivity contribution < 1.29 is 14.0 Å². The highest BCUT2D eigenvalue weighted by Crippen LogP contribution is 2.18. The summed E-state index contributed by atoms with van der Waals surface area (Å²) in [5.41, 5.74) is 2.88. The Morgan fingerprint density at radius 2 is 2.11 bits per heavy atom. The van der Waals surface area contributed by atoms with Crippen LogP contribution in [0.25, 0.3) is 0 Å². The van der Waals surface area contributed by atoms with Crippen LogP contribution < -0.4 is 5.32 Å². The molecule has 0 radical (unpaired) electrons. The van der Waals surface area contributed by atoms with Gasteiger partial charge in [-0.15, -0.1) is 0 Å². The number of halogens is 1. The molecule has 0 saturated carbocycles. The van der Waals surface area contributed by atoms with Crippen LogP contribution in [0.4, 0.5) is 4.39 Å². The third-order valence-electron chi connectivity index (χ3n) is 5.16. The van der Waals surface area contributed by atoms with E-state index in [1.165, 1.54) is 12.1 Å². The van der Waals surface area contributed by atoms with E-state index < -0.39 is 0 Å². The second-order valence-electron chi connectivity index (χ2n) is 7.40. The number of benzene rings is 1. The van der Waals surface area contributed by atoms with Gasteiger partial charge in [0.2, 0.25) is 11.8 Å². The minimum absolute atomic E-state index is 0.0233. The molecule has 7 heteroatoms. The lowest BCUT2D eigenvalue weighted by molar-refractivity contribution is -0.138. The molecule has 1 fully saturated rings. The molecule has 1 saturated heterocycles. The van der Waals surface area contributed by atoms with Crippen molar-refractivity contribution in [2.24, 2.45) is 5.92 Å². The average Bonchev–Trinajstić information content (AvgIpc) is 2.98. The van der Waals surface area contributed by atoms with Gasteiger partial charge in [0.15, 0.2) is 0 Å². The van der Waals surface area contributed by atoms with Gasteiger partial charge in [0.25, 0.3) is 0 Å². The highest BCUT2D eigenvalue weighted by Gasteiger charge is 2.29. The van der Waals surface area contributed by atoms with E-state index in [1.54, 1.807) is 11.0 Å². The number of rotatable bonds is 7. The van der Waals surface area contributed by atoms with Gasteiger partial charge in [0.05, 0.1) is 18.2 Å². The molecule has 0 unspecified atom stereocenters. The quantitative estimate of drug-likeness (QED) is 0.794. The van der Waals surface area contributed by atoms with Crippen molar-refractivity contribution >= 4 is 11.8 Å². The second-order valence-corrected chi connectivity index (χ2v) is 7.40. The lowest BCUT2D eigenvalue weighted by atomic mass is 9.96. The third kappa shape index (κ3) is 5.18. The molecule has 150 valence electrons. The standard InChI is InChI=1S/C21H27FN4O2/c1-15-12-16(2)26(24-15)11-9-23-21(28)18-6-7-20(27)25(14-18)10-8-17-4-3-5-19(22)13-17/h3-5,12-13,18H,6-11,14H2,1-2H3,(H,23,28)/t18-/m1/s1. The number of piperidine rings is 1. The number of aromatic nitrogens is 2. The summed E-state index contributed by atoms with van der Waals surface area (Å²) in [6.07, 6.45) is 1.52. The van der Waals surface area contributed by atoms with Crippen LogP contribution in [0.3, 0.4) is 0 Å². The van der Waals surface area contributed by atoms with Crippen LogP contribution in [0, 0.1) is 25.6 Å². The van der Waals surface area contributed by atoms with E-state index in [2.05, 4.69) is 10.4 Å². The van der Waals surface area contributed by atoms with Crippen LogP contribution in [-0.2, 0) is 22.6 Å². The molecule has 1 aromatic heterocycles. The van der Waals surface area contributed by atoms with Crippen LogP contribution in [0.1, 0.15) is 29.8 Å². The fraction of sp³-hybridized carbons (Fsp3) is 0.476. The second kappa shape index (κ2) is 8.99. The van der Waals surface area contributed by atoms with Gasteiger partial charge in [-0.25, -0.2) is 4.39 Å². The number of hydrogen-bond acceptors (Lipinski definition) is 3. The first kappa shape index (κ1) is 20.0. The van der Waals surface area contributed by atoms with Gasteiger partial charge in [0, 0.05) is 31.7 Å². The zero-order chi connectivity index (χ0) is 20.1. The molecular weight excluding hydrogens is 359 g/mol. The molecule has 0 aliphatic carbocycles. The molecule has 3 rings (SSSR count). The van der Waals surface area contributed by atoms with E-state index in [1.807, 2.05) is 30.7 Å². The predicted octanol–water partition coefficient (Wildman–Crippen LogP) is 2.24. The maximum absolute atomic E-state index is 13.3. The fourth-order valence-corrected chi connectivity index (χ4v) is 3.63. The summed E-state index contributed by atoms with van der Waals surface area (Å²) in [4.78, 5) is 26.4. The minimum Gasteiger partial charge on any atom is -0.354 e. The molecule has 2 amide bonds. The van der Waals surface area contributed by atoms with E-state index in [4.69, 9.17) is 0 Å². The summed E-state index contributed by atoms with van der Waals surface area (Å²) in [6, 6.07) is 8.41. The molecule has 28 heavy (non-hydrogen) atoms. The topological polar surface area (TPSA) is 67.2 Å². The Labute approximate surface area is 164 Å². The first-order valence-electron chi connectivity index (χ1n) is 9.73. The normalized spacial score (nSPS) is 17.0. The number of nitrogens with zero attached hydrogens (tertiary/aromatic N) is 3. The molecule has 1 aliphatic rings. The predicted molar refractivity (Wildman–Crippen MR) is 104 cm³/mol. The summed E-state index contributed by atoms with van der Waals surface area (Å²) in [5.74, 6) is -0.444. The number of carbonyl (C=O) groups is 2. The number of amides is 2. The van der Waals surface area contributed by atoms with Gasteiger partial charge < -0.3 is 10.2 Å². The van der Waals surface area contributed by atoms with Crippen LogP contribution >= 0.6 is 0 Å². The first-order valence-corrected chi connectivity index (χ1v) is 9.73. The van der Waals surface area contributed by atoms with Crippen LogP contribution in [-0.4, -0.2) is 46.1 Å². The Morgan fingerprint density at radius 1 is 1.29 bits per heavy atom. The molecule has 1 aromatic carbocycles. The maximum atomic E-state index is 13.3. The number of hydrogen-bond donors (Lipinski definition) is 1. The Balaban J connectivity index is 1.48.